The second-order valence-corrected chi connectivity index (χ2v) is 7.83. The van der Waals surface area contributed by atoms with Crippen molar-refractivity contribution in [2.45, 2.75) is 11.8 Å². The first kappa shape index (κ1) is 19.7. The van der Waals surface area contributed by atoms with Gasteiger partial charge in [-0.15, -0.1) is 0 Å². The molecule has 8 heteroatoms. The Hall–Kier alpha value is -2.58. The number of ether oxygens (including phenoxy) is 1. The van der Waals surface area contributed by atoms with Gasteiger partial charge >= 0.3 is 0 Å². The lowest BCUT2D eigenvalue weighted by molar-refractivity contribution is -0.114. The SMILES string of the molecule is CCOc1ccc(NC(=O)CNc2cccc(S(=O)(=O)N(C)C)c2)cc1. The smallest absolute Gasteiger partial charge is 0.243 e. The topological polar surface area (TPSA) is 87.7 Å². The molecule has 0 aliphatic rings. The number of carbonyl (C=O) groups is 1. The number of rotatable bonds is 8. The van der Waals surface area contributed by atoms with Gasteiger partial charge in [0.1, 0.15) is 5.75 Å². The molecule has 2 N–H and O–H groups in total. The summed E-state index contributed by atoms with van der Waals surface area (Å²) >= 11 is 0. The monoisotopic (exact) mass is 377 g/mol. The Morgan fingerprint density at radius 1 is 1.08 bits per heavy atom. The van der Waals surface area contributed by atoms with Crippen LogP contribution in [0.25, 0.3) is 0 Å². The summed E-state index contributed by atoms with van der Waals surface area (Å²) in [4.78, 5) is 12.2. The van der Waals surface area contributed by atoms with Gasteiger partial charge in [0.15, 0.2) is 0 Å². The fraction of sp³-hybridized carbons (Fsp3) is 0.278. The average molecular weight is 377 g/mol. The molecule has 0 heterocycles. The highest BCUT2D eigenvalue weighted by Crippen LogP contribution is 2.18. The largest absolute Gasteiger partial charge is 0.494 e. The molecule has 0 saturated heterocycles. The van der Waals surface area contributed by atoms with Crippen LogP contribution >= 0.6 is 0 Å². The third-order valence-corrected chi connectivity index (χ3v) is 5.33. The predicted octanol–water partition coefficient (Wildman–Crippen LogP) is 2.39. The van der Waals surface area contributed by atoms with Gasteiger partial charge in [-0.3, -0.25) is 4.79 Å². The van der Waals surface area contributed by atoms with E-state index < -0.39 is 10.0 Å². The lowest BCUT2D eigenvalue weighted by atomic mass is 10.3. The summed E-state index contributed by atoms with van der Waals surface area (Å²) in [5, 5.41) is 5.69. The fourth-order valence-corrected chi connectivity index (χ4v) is 3.11. The lowest BCUT2D eigenvalue weighted by Crippen LogP contribution is -2.23. The number of carbonyl (C=O) groups excluding carboxylic acids is 1. The van der Waals surface area contributed by atoms with E-state index >= 15 is 0 Å². The normalized spacial score (nSPS) is 11.2. The molecule has 2 aromatic carbocycles. The van der Waals surface area contributed by atoms with Crippen LogP contribution in [0.4, 0.5) is 11.4 Å². The van der Waals surface area contributed by atoms with Crippen molar-refractivity contribution in [3.63, 3.8) is 0 Å². The molecule has 0 fully saturated rings. The number of anilines is 2. The minimum Gasteiger partial charge on any atom is -0.494 e. The van der Waals surface area contributed by atoms with E-state index in [4.69, 9.17) is 4.74 Å². The van der Waals surface area contributed by atoms with Crippen molar-refractivity contribution < 1.29 is 17.9 Å². The minimum atomic E-state index is -3.51. The summed E-state index contributed by atoms with van der Waals surface area (Å²) in [7, 11) is -0.571. The van der Waals surface area contributed by atoms with Gasteiger partial charge in [0.05, 0.1) is 18.0 Å². The van der Waals surface area contributed by atoms with Crippen molar-refractivity contribution in [3.05, 3.63) is 48.5 Å². The maximum absolute atomic E-state index is 12.1. The van der Waals surface area contributed by atoms with E-state index in [0.29, 0.717) is 18.0 Å². The third-order valence-electron chi connectivity index (χ3n) is 3.51. The van der Waals surface area contributed by atoms with Crippen LogP contribution < -0.4 is 15.4 Å². The van der Waals surface area contributed by atoms with Gasteiger partial charge < -0.3 is 15.4 Å². The highest BCUT2D eigenvalue weighted by molar-refractivity contribution is 7.89. The Morgan fingerprint density at radius 2 is 1.77 bits per heavy atom. The van der Waals surface area contributed by atoms with Crippen molar-refractivity contribution in [3.8, 4) is 5.75 Å². The van der Waals surface area contributed by atoms with Gasteiger partial charge in [0, 0.05) is 25.5 Å². The standard InChI is InChI=1S/C18H23N3O4S/c1-4-25-16-10-8-14(9-11-16)20-18(22)13-19-15-6-5-7-17(12-15)26(23,24)21(2)3/h5-12,19H,4,13H2,1-3H3,(H,20,22). The zero-order valence-corrected chi connectivity index (χ0v) is 15.8. The van der Waals surface area contributed by atoms with Gasteiger partial charge in [-0.25, -0.2) is 12.7 Å². The van der Waals surface area contributed by atoms with Crippen molar-refractivity contribution in [1.29, 1.82) is 0 Å². The van der Waals surface area contributed by atoms with Crippen LogP contribution in [0.5, 0.6) is 5.75 Å². The molecule has 2 aromatic rings. The van der Waals surface area contributed by atoms with Crippen LogP contribution in [0.2, 0.25) is 0 Å². The van der Waals surface area contributed by atoms with E-state index in [2.05, 4.69) is 10.6 Å². The third kappa shape index (κ3) is 5.21. The molecule has 0 aliphatic heterocycles. The average Bonchev–Trinajstić information content (AvgIpc) is 2.62. The van der Waals surface area contributed by atoms with E-state index in [9.17, 15) is 13.2 Å². The second kappa shape index (κ2) is 8.68. The molecule has 0 unspecified atom stereocenters. The quantitative estimate of drug-likeness (QED) is 0.737. The van der Waals surface area contributed by atoms with Crippen molar-refractivity contribution in [2.24, 2.45) is 0 Å². The molecule has 26 heavy (non-hydrogen) atoms. The Labute approximate surface area is 154 Å². The zero-order valence-electron chi connectivity index (χ0n) is 15.0. The van der Waals surface area contributed by atoms with Crippen LogP contribution in [-0.2, 0) is 14.8 Å². The number of hydrogen-bond donors (Lipinski definition) is 2. The Morgan fingerprint density at radius 3 is 2.38 bits per heavy atom. The van der Waals surface area contributed by atoms with E-state index in [1.165, 1.54) is 26.2 Å². The first-order valence-corrected chi connectivity index (χ1v) is 9.56. The molecule has 1 amide bonds. The Balaban J connectivity index is 1.95. The molecule has 0 radical (unpaired) electrons. The summed E-state index contributed by atoms with van der Waals surface area (Å²) < 4.78 is 30.8. The maximum Gasteiger partial charge on any atom is 0.243 e. The number of nitrogens with zero attached hydrogens (tertiary/aromatic N) is 1. The first-order valence-electron chi connectivity index (χ1n) is 8.12. The molecule has 0 bridgehead atoms. The van der Waals surface area contributed by atoms with Crippen LogP contribution in [0, 0.1) is 0 Å². The summed E-state index contributed by atoms with van der Waals surface area (Å²) in [6.45, 7) is 2.50. The molecular weight excluding hydrogens is 354 g/mol. The van der Waals surface area contributed by atoms with Gasteiger partial charge in [-0.1, -0.05) is 6.07 Å². The lowest BCUT2D eigenvalue weighted by Gasteiger charge is -2.13. The first-order chi connectivity index (χ1) is 12.3. The van der Waals surface area contributed by atoms with Gasteiger partial charge in [-0.05, 0) is 49.4 Å². The molecule has 0 aromatic heterocycles. The van der Waals surface area contributed by atoms with E-state index in [1.807, 2.05) is 6.92 Å². The summed E-state index contributed by atoms with van der Waals surface area (Å²) in [5.41, 5.74) is 1.21. The Bertz CT molecular complexity index is 849. The highest BCUT2D eigenvalue weighted by atomic mass is 32.2. The second-order valence-electron chi connectivity index (χ2n) is 5.67. The van der Waals surface area contributed by atoms with Gasteiger partial charge in [0.2, 0.25) is 15.9 Å². The molecule has 0 saturated carbocycles. The molecule has 0 spiro atoms. The molecule has 140 valence electrons. The number of hydrogen-bond acceptors (Lipinski definition) is 5. The van der Waals surface area contributed by atoms with Crippen LogP contribution in [0.15, 0.2) is 53.4 Å². The van der Waals surface area contributed by atoms with E-state index in [1.54, 1.807) is 36.4 Å². The summed E-state index contributed by atoms with van der Waals surface area (Å²) in [6, 6.07) is 13.4. The van der Waals surface area contributed by atoms with Crippen LogP contribution in [0.1, 0.15) is 6.92 Å². The van der Waals surface area contributed by atoms with Crippen molar-refractivity contribution in [1.82, 2.24) is 4.31 Å². The van der Waals surface area contributed by atoms with E-state index in [-0.39, 0.29) is 17.3 Å². The van der Waals surface area contributed by atoms with Gasteiger partial charge in [0.25, 0.3) is 0 Å². The van der Waals surface area contributed by atoms with Gasteiger partial charge in [-0.2, -0.15) is 0 Å². The van der Waals surface area contributed by atoms with Crippen molar-refractivity contribution in [2.75, 3.05) is 37.9 Å². The number of nitrogens with one attached hydrogen (secondary N) is 2. The fourth-order valence-electron chi connectivity index (χ4n) is 2.17. The minimum absolute atomic E-state index is 0.0126. The Kier molecular flexibility index (Phi) is 6.59. The molecule has 0 aliphatic carbocycles. The summed E-state index contributed by atoms with van der Waals surface area (Å²) in [5.74, 6) is 0.498. The van der Waals surface area contributed by atoms with Crippen molar-refractivity contribution >= 4 is 27.3 Å². The predicted molar refractivity (Wildman–Crippen MR) is 102 cm³/mol. The number of benzene rings is 2. The zero-order chi connectivity index (χ0) is 19.2. The highest BCUT2D eigenvalue weighted by Gasteiger charge is 2.17. The molecule has 7 nitrogen and oxygen atoms in total. The van der Waals surface area contributed by atoms with Crippen LogP contribution in [-0.4, -0.2) is 45.9 Å². The summed E-state index contributed by atoms with van der Waals surface area (Å²) in [6.07, 6.45) is 0. The molecular formula is C18H23N3O4S. The number of amides is 1. The maximum atomic E-state index is 12.1. The van der Waals surface area contributed by atoms with E-state index in [0.717, 1.165) is 10.1 Å². The number of sulfonamides is 1. The molecule has 0 atom stereocenters. The molecule has 2 rings (SSSR count). The van der Waals surface area contributed by atoms with Crippen LogP contribution in [0.3, 0.4) is 0 Å².